The average Bonchev–Trinajstić information content (AvgIpc) is 2.71. The largest absolute Gasteiger partial charge is 0.345 e. The van der Waals surface area contributed by atoms with Crippen molar-refractivity contribution >= 4 is 5.96 Å². The van der Waals surface area contributed by atoms with Crippen LogP contribution >= 0.6 is 0 Å². The molecule has 0 aliphatic carbocycles. The van der Waals surface area contributed by atoms with E-state index in [2.05, 4.69) is 41.4 Å². The van der Waals surface area contributed by atoms with Gasteiger partial charge in [-0.15, -0.1) is 6.42 Å². The molecule has 1 aromatic heterocycles. The van der Waals surface area contributed by atoms with Crippen molar-refractivity contribution < 1.29 is 0 Å². The number of nitrogens with zero attached hydrogens (tertiary/aromatic N) is 4. The Morgan fingerprint density at radius 2 is 2.32 bits per heavy atom. The molecule has 5 nitrogen and oxygen atoms in total. The molecule has 0 radical (unpaired) electrons. The number of hydrogen-bond acceptors (Lipinski definition) is 2. The van der Waals surface area contributed by atoms with Crippen LogP contribution in [-0.4, -0.2) is 41.3 Å². The van der Waals surface area contributed by atoms with Gasteiger partial charge in [0.2, 0.25) is 0 Å². The molecule has 0 aromatic carbocycles. The summed E-state index contributed by atoms with van der Waals surface area (Å²) >= 11 is 0. The quantitative estimate of drug-likeness (QED) is 0.503. The zero-order valence-electron chi connectivity index (χ0n) is 12.4. The molecule has 1 rings (SSSR count). The second-order valence-corrected chi connectivity index (χ2v) is 4.83. The maximum absolute atomic E-state index is 5.25. The third-order valence-electron chi connectivity index (χ3n) is 2.81. The van der Waals surface area contributed by atoms with Crippen molar-refractivity contribution in [3.8, 4) is 12.3 Å². The van der Waals surface area contributed by atoms with Gasteiger partial charge in [-0.25, -0.2) is 0 Å². The van der Waals surface area contributed by atoms with Crippen molar-refractivity contribution in [2.45, 2.75) is 26.3 Å². The van der Waals surface area contributed by atoms with Gasteiger partial charge in [0.15, 0.2) is 5.96 Å². The van der Waals surface area contributed by atoms with E-state index >= 15 is 0 Å². The van der Waals surface area contributed by atoms with Gasteiger partial charge in [0.05, 0.1) is 12.2 Å². The summed E-state index contributed by atoms with van der Waals surface area (Å²) < 4.78 is 1.86. The van der Waals surface area contributed by atoms with Gasteiger partial charge in [-0.05, 0) is 5.92 Å². The number of aliphatic imine (C=N–C) groups is 1. The van der Waals surface area contributed by atoms with Crippen LogP contribution in [0.1, 0.15) is 31.0 Å². The van der Waals surface area contributed by atoms with Crippen LogP contribution < -0.4 is 5.32 Å². The van der Waals surface area contributed by atoms with E-state index in [1.54, 1.807) is 7.05 Å². The highest BCUT2D eigenvalue weighted by Gasteiger charge is 2.14. The third-order valence-corrected chi connectivity index (χ3v) is 2.81. The van der Waals surface area contributed by atoms with E-state index in [1.807, 2.05) is 23.7 Å². The minimum Gasteiger partial charge on any atom is -0.345 e. The summed E-state index contributed by atoms with van der Waals surface area (Å²) in [6, 6.07) is 0. The van der Waals surface area contributed by atoms with Crippen molar-refractivity contribution in [1.29, 1.82) is 0 Å². The lowest BCUT2D eigenvalue weighted by molar-refractivity contribution is 0.477. The van der Waals surface area contributed by atoms with Crippen LogP contribution in [0.25, 0.3) is 0 Å². The summed E-state index contributed by atoms with van der Waals surface area (Å²) in [6.45, 7) is 5.53. The highest BCUT2D eigenvalue weighted by atomic mass is 15.3. The molecule has 0 amide bonds. The molecule has 0 aliphatic rings. The number of nitrogens with one attached hydrogen (secondary N) is 1. The summed E-state index contributed by atoms with van der Waals surface area (Å²) in [4.78, 5) is 6.25. The Kier molecular flexibility index (Phi) is 5.43. The fourth-order valence-electron chi connectivity index (χ4n) is 2.01. The number of hydrogen-bond donors (Lipinski definition) is 1. The molecule has 1 aromatic rings. The second-order valence-electron chi connectivity index (χ2n) is 4.83. The van der Waals surface area contributed by atoms with Gasteiger partial charge in [-0.3, -0.25) is 9.67 Å². The zero-order valence-corrected chi connectivity index (χ0v) is 12.4. The topological polar surface area (TPSA) is 45.5 Å². The number of aryl methyl sites for hydroxylation is 1. The Morgan fingerprint density at radius 3 is 2.84 bits per heavy atom. The van der Waals surface area contributed by atoms with Gasteiger partial charge in [-0.1, -0.05) is 19.8 Å². The first kappa shape index (κ1) is 15.1. The molecular formula is C14H23N5. The first-order valence-corrected chi connectivity index (χ1v) is 6.37. The van der Waals surface area contributed by atoms with Gasteiger partial charge in [0, 0.05) is 39.4 Å². The first-order valence-electron chi connectivity index (χ1n) is 6.37. The zero-order chi connectivity index (χ0) is 14.4. The maximum atomic E-state index is 5.25. The lowest BCUT2D eigenvalue weighted by Crippen LogP contribution is -2.38. The van der Waals surface area contributed by atoms with Crippen LogP contribution in [0.15, 0.2) is 11.2 Å². The van der Waals surface area contributed by atoms with Gasteiger partial charge in [-0.2, -0.15) is 5.10 Å². The highest BCUT2D eigenvalue weighted by Crippen LogP contribution is 2.18. The molecule has 1 N–H and O–H groups in total. The number of guanidine groups is 1. The Labute approximate surface area is 115 Å². The molecule has 5 heteroatoms. The molecule has 0 aliphatic heterocycles. The van der Waals surface area contributed by atoms with Crippen LogP contribution in [0.3, 0.4) is 0 Å². The molecule has 0 spiro atoms. The highest BCUT2D eigenvalue weighted by molar-refractivity contribution is 5.79. The van der Waals surface area contributed by atoms with Crippen LogP contribution in [0, 0.1) is 12.3 Å². The normalized spacial score (nSPS) is 11.5. The van der Waals surface area contributed by atoms with E-state index in [0.717, 1.165) is 18.2 Å². The van der Waals surface area contributed by atoms with Crippen LogP contribution in [-0.2, 0) is 13.6 Å². The Balaban J connectivity index is 2.81. The Bertz CT molecular complexity index is 479. The Hall–Kier alpha value is -1.96. The maximum Gasteiger partial charge on any atom is 0.194 e. The van der Waals surface area contributed by atoms with Crippen molar-refractivity contribution in [2.75, 3.05) is 20.6 Å². The SMILES string of the molecule is C#CCNC(=NC)N(C)Cc1cn(C)nc1C(C)C. The summed E-state index contributed by atoms with van der Waals surface area (Å²) in [5.41, 5.74) is 2.34. The van der Waals surface area contributed by atoms with E-state index in [4.69, 9.17) is 6.42 Å². The number of terminal acetylenes is 1. The van der Waals surface area contributed by atoms with Gasteiger partial charge in [0.1, 0.15) is 0 Å². The van der Waals surface area contributed by atoms with Gasteiger partial charge in [0.25, 0.3) is 0 Å². The minimum atomic E-state index is 0.408. The number of aromatic nitrogens is 2. The fraction of sp³-hybridized carbons (Fsp3) is 0.571. The van der Waals surface area contributed by atoms with Crippen LogP contribution in [0.5, 0.6) is 0 Å². The van der Waals surface area contributed by atoms with Crippen molar-refractivity contribution in [1.82, 2.24) is 20.0 Å². The predicted molar refractivity (Wildman–Crippen MR) is 79.0 cm³/mol. The lowest BCUT2D eigenvalue weighted by Gasteiger charge is -2.21. The Morgan fingerprint density at radius 1 is 1.63 bits per heavy atom. The number of rotatable bonds is 4. The van der Waals surface area contributed by atoms with Gasteiger partial charge >= 0.3 is 0 Å². The predicted octanol–water partition coefficient (Wildman–Crippen LogP) is 1.18. The van der Waals surface area contributed by atoms with E-state index in [1.165, 1.54) is 5.56 Å². The molecule has 19 heavy (non-hydrogen) atoms. The van der Waals surface area contributed by atoms with Crippen LogP contribution in [0.2, 0.25) is 0 Å². The molecule has 0 saturated carbocycles. The molecule has 0 bridgehead atoms. The molecule has 0 atom stereocenters. The summed E-state index contributed by atoms with van der Waals surface area (Å²) in [5.74, 6) is 3.75. The first-order chi connectivity index (χ1) is 8.99. The molecular weight excluding hydrogens is 238 g/mol. The molecule has 0 unspecified atom stereocenters. The smallest absolute Gasteiger partial charge is 0.194 e. The van der Waals surface area contributed by atoms with E-state index in [-0.39, 0.29) is 0 Å². The molecule has 104 valence electrons. The fourth-order valence-corrected chi connectivity index (χ4v) is 2.01. The van der Waals surface area contributed by atoms with Crippen molar-refractivity contribution in [3.05, 3.63) is 17.5 Å². The summed E-state index contributed by atoms with van der Waals surface area (Å²) in [6.07, 6.45) is 7.31. The van der Waals surface area contributed by atoms with E-state index in [0.29, 0.717) is 12.5 Å². The molecule has 1 heterocycles. The molecule has 0 saturated heterocycles. The lowest BCUT2D eigenvalue weighted by atomic mass is 10.1. The standard InChI is InChI=1S/C14H23N5/c1-7-8-16-14(15-4)18(5)9-12-10-19(6)17-13(12)11(2)3/h1,10-11H,8-9H2,2-6H3,(H,15,16). The summed E-state index contributed by atoms with van der Waals surface area (Å²) in [7, 11) is 5.69. The minimum absolute atomic E-state index is 0.408. The van der Waals surface area contributed by atoms with E-state index < -0.39 is 0 Å². The second kappa shape index (κ2) is 6.83. The van der Waals surface area contributed by atoms with Crippen molar-refractivity contribution in [3.63, 3.8) is 0 Å². The van der Waals surface area contributed by atoms with Crippen molar-refractivity contribution in [2.24, 2.45) is 12.0 Å². The average molecular weight is 261 g/mol. The van der Waals surface area contributed by atoms with E-state index in [9.17, 15) is 0 Å². The third kappa shape index (κ3) is 4.02. The van der Waals surface area contributed by atoms with Crippen LogP contribution in [0.4, 0.5) is 0 Å². The van der Waals surface area contributed by atoms with Gasteiger partial charge < -0.3 is 10.2 Å². The summed E-state index contributed by atoms with van der Waals surface area (Å²) in [5, 5.41) is 7.62. The monoisotopic (exact) mass is 261 g/mol. The molecule has 0 fully saturated rings.